The number of benzene rings is 5. The molecule has 0 fully saturated rings. The Morgan fingerprint density at radius 3 is 1.83 bits per heavy atom. The first-order valence-electron chi connectivity index (χ1n) is 16.6. The first kappa shape index (κ1) is 27.9. The van der Waals surface area contributed by atoms with Crippen LogP contribution in [0, 0.1) is 0 Å². The maximum atomic E-state index is 4.93. The Hall–Kier alpha value is -5.13. The highest BCUT2D eigenvalue weighted by Gasteiger charge is 2.42. The number of fused-ring (bicyclic) bond motifs is 10. The zero-order valence-electron chi connectivity index (χ0n) is 27.7. The van der Waals surface area contributed by atoms with Crippen LogP contribution in [0.25, 0.3) is 66.8 Å². The van der Waals surface area contributed by atoms with Gasteiger partial charge in [0.15, 0.2) is 0 Å². The van der Waals surface area contributed by atoms with E-state index in [0.717, 1.165) is 22.1 Å². The molecule has 0 radical (unpaired) electrons. The maximum Gasteiger partial charge on any atom is 0.235 e. The second kappa shape index (κ2) is 9.48. The van der Waals surface area contributed by atoms with Crippen molar-refractivity contribution in [3.63, 3.8) is 0 Å². The van der Waals surface area contributed by atoms with E-state index in [1.807, 2.05) is 16.8 Å². The fraction of sp³-hybridized carbons (Fsp3) is 0.163. The largest absolute Gasteiger partial charge is 0.309 e. The van der Waals surface area contributed by atoms with E-state index < -0.39 is 0 Å². The van der Waals surface area contributed by atoms with Gasteiger partial charge in [-0.05, 0) is 99.3 Å². The number of thioether (sulfide) groups is 1. The zero-order valence-corrected chi connectivity index (χ0v) is 28.5. The third-order valence-corrected chi connectivity index (χ3v) is 11.9. The molecule has 0 spiro atoms. The van der Waals surface area contributed by atoms with E-state index >= 15 is 0 Å². The topological polar surface area (TPSA) is 35.1 Å². The lowest BCUT2D eigenvalue weighted by Crippen LogP contribution is -2.17. The standard InChI is InChI=1S/C43H34N4S/c1-42(2)33-20-25(37-24-40(48-5)46-19-18-44-41(46)45-37)14-16-27(33)31-22-36-32(23-35(31)42)28-17-15-26(21-34(28)43(36,3)4)47-38-12-8-6-10-29(38)30-11-7-9-13-39(30)47/h6-24H,1-5H3. The average molecular weight is 639 g/mol. The fourth-order valence-corrected chi connectivity index (χ4v) is 9.20. The van der Waals surface area contributed by atoms with Gasteiger partial charge in [-0.25, -0.2) is 9.97 Å². The Bertz CT molecular complexity index is 2620. The van der Waals surface area contributed by atoms with Gasteiger partial charge in [-0.15, -0.1) is 11.8 Å². The lowest BCUT2D eigenvalue weighted by molar-refractivity contribution is 0.652. The van der Waals surface area contributed by atoms with Gasteiger partial charge >= 0.3 is 0 Å². The lowest BCUT2D eigenvalue weighted by Gasteiger charge is -2.24. The smallest absolute Gasteiger partial charge is 0.235 e. The van der Waals surface area contributed by atoms with Gasteiger partial charge in [0, 0.05) is 45.2 Å². The minimum atomic E-state index is -0.148. The molecule has 0 N–H and O–H groups in total. The van der Waals surface area contributed by atoms with Crippen molar-refractivity contribution in [1.29, 1.82) is 0 Å². The van der Waals surface area contributed by atoms with Gasteiger partial charge in [-0.3, -0.25) is 4.40 Å². The van der Waals surface area contributed by atoms with Crippen LogP contribution < -0.4 is 0 Å². The van der Waals surface area contributed by atoms with Crippen molar-refractivity contribution in [2.75, 3.05) is 6.26 Å². The molecule has 2 aliphatic rings. The van der Waals surface area contributed by atoms with Crippen LogP contribution in [0.15, 0.2) is 121 Å². The molecule has 232 valence electrons. The van der Waals surface area contributed by atoms with Crippen LogP contribution >= 0.6 is 11.8 Å². The molecule has 0 atom stereocenters. The van der Waals surface area contributed by atoms with Crippen LogP contribution in [0.5, 0.6) is 0 Å². The number of nitrogens with zero attached hydrogens (tertiary/aromatic N) is 4. The molecular formula is C43H34N4S. The summed E-state index contributed by atoms with van der Waals surface area (Å²) in [6.45, 7) is 9.53. The van der Waals surface area contributed by atoms with Gasteiger partial charge in [0.25, 0.3) is 0 Å². The molecular weight excluding hydrogens is 605 g/mol. The van der Waals surface area contributed by atoms with Crippen molar-refractivity contribution in [2.24, 2.45) is 0 Å². The summed E-state index contributed by atoms with van der Waals surface area (Å²) in [5, 5.41) is 3.72. The van der Waals surface area contributed by atoms with Gasteiger partial charge in [-0.1, -0.05) is 82.3 Å². The quantitative estimate of drug-likeness (QED) is 0.143. The Balaban J connectivity index is 1.11. The van der Waals surface area contributed by atoms with E-state index in [4.69, 9.17) is 4.98 Å². The molecule has 3 heterocycles. The van der Waals surface area contributed by atoms with Crippen molar-refractivity contribution in [3.8, 4) is 39.2 Å². The van der Waals surface area contributed by atoms with Crippen LogP contribution in [-0.2, 0) is 10.8 Å². The molecule has 2 aliphatic carbocycles. The molecule has 0 amide bonds. The van der Waals surface area contributed by atoms with Gasteiger partial charge in [0.2, 0.25) is 5.78 Å². The Labute approximate surface area is 284 Å². The molecule has 0 saturated carbocycles. The number of hydrogen-bond acceptors (Lipinski definition) is 3. The normalized spacial score (nSPS) is 15.2. The lowest BCUT2D eigenvalue weighted by atomic mass is 9.79. The predicted octanol–water partition coefficient (Wildman–Crippen LogP) is 10.8. The molecule has 48 heavy (non-hydrogen) atoms. The minimum Gasteiger partial charge on any atom is -0.309 e. The second-order valence-corrected chi connectivity index (χ2v) is 15.2. The SMILES string of the molecule is CSc1cc(-c2ccc3c(c2)C(C)(C)c2cc4c(cc2-3)C(C)(C)c2cc(-n3c5ccccc5c5ccccc53)ccc2-4)nc2nccn12. The number of aromatic nitrogens is 4. The third-order valence-electron chi connectivity index (χ3n) is 11.1. The van der Waals surface area contributed by atoms with Crippen molar-refractivity contribution < 1.29 is 0 Å². The Kier molecular flexibility index (Phi) is 5.52. The van der Waals surface area contributed by atoms with Crippen LogP contribution in [-0.4, -0.2) is 25.2 Å². The van der Waals surface area contributed by atoms with Crippen LogP contribution in [0.4, 0.5) is 0 Å². The first-order chi connectivity index (χ1) is 23.3. The highest BCUT2D eigenvalue weighted by Crippen LogP contribution is 2.56. The van der Waals surface area contributed by atoms with Crippen molar-refractivity contribution >= 4 is 39.3 Å². The van der Waals surface area contributed by atoms with E-state index in [2.05, 4.69) is 147 Å². The van der Waals surface area contributed by atoms with E-state index in [0.29, 0.717) is 0 Å². The molecule has 5 aromatic carbocycles. The summed E-state index contributed by atoms with van der Waals surface area (Å²) in [7, 11) is 0. The van der Waals surface area contributed by atoms with E-state index in [-0.39, 0.29) is 10.8 Å². The molecule has 0 aliphatic heterocycles. The molecule has 0 saturated heterocycles. The van der Waals surface area contributed by atoms with Gasteiger partial charge < -0.3 is 4.57 Å². The first-order valence-corrected chi connectivity index (χ1v) is 17.8. The molecule has 4 nitrogen and oxygen atoms in total. The summed E-state index contributed by atoms with van der Waals surface area (Å²) in [4.78, 5) is 9.42. The summed E-state index contributed by atoms with van der Waals surface area (Å²) in [6, 6.07) is 38.7. The van der Waals surface area contributed by atoms with Crippen LogP contribution in [0.2, 0.25) is 0 Å². The van der Waals surface area contributed by atoms with E-state index in [1.165, 1.54) is 72.0 Å². The number of para-hydroxylation sites is 2. The Morgan fingerprint density at radius 2 is 1.19 bits per heavy atom. The molecule has 0 bridgehead atoms. The molecule has 8 aromatic rings. The van der Waals surface area contributed by atoms with Crippen LogP contribution in [0.1, 0.15) is 49.9 Å². The van der Waals surface area contributed by atoms with Crippen molar-refractivity contribution in [3.05, 3.63) is 138 Å². The van der Waals surface area contributed by atoms with Crippen molar-refractivity contribution in [2.45, 2.75) is 43.6 Å². The van der Waals surface area contributed by atoms with Gasteiger partial charge in [-0.2, -0.15) is 0 Å². The minimum absolute atomic E-state index is 0.140. The number of hydrogen-bond donors (Lipinski definition) is 0. The summed E-state index contributed by atoms with van der Waals surface area (Å²) < 4.78 is 4.48. The van der Waals surface area contributed by atoms with E-state index in [1.54, 1.807) is 11.8 Å². The monoisotopic (exact) mass is 638 g/mol. The third kappa shape index (κ3) is 3.57. The molecule has 0 unspecified atom stereocenters. The fourth-order valence-electron chi connectivity index (χ4n) is 8.63. The second-order valence-electron chi connectivity index (χ2n) is 14.3. The summed E-state index contributed by atoms with van der Waals surface area (Å²) >= 11 is 1.72. The van der Waals surface area contributed by atoms with Gasteiger partial charge in [0.05, 0.1) is 21.8 Å². The van der Waals surface area contributed by atoms with E-state index in [9.17, 15) is 0 Å². The summed E-state index contributed by atoms with van der Waals surface area (Å²) in [5.74, 6) is 0.735. The number of imidazole rings is 1. The highest BCUT2D eigenvalue weighted by atomic mass is 32.2. The molecule has 5 heteroatoms. The zero-order chi connectivity index (χ0) is 32.5. The average Bonchev–Trinajstić information content (AvgIpc) is 3.83. The maximum absolute atomic E-state index is 4.93. The summed E-state index contributed by atoms with van der Waals surface area (Å²) in [6.07, 6.45) is 5.90. The Morgan fingerprint density at radius 1 is 0.604 bits per heavy atom. The van der Waals surface area contributed by atoms with Crippen LogP contribution in [0.3, 0.4) is 0 Å². The van der Waals surface area contributed by atoms with Gasteiger partial charge in [0.1, 0.15) is 0 Å². The predicted molar refractivity (Wildman–Crippen MR) is 200 cm³/mol. The number of rotatable bonds is 3. The highest BCUT2D eigenvalue weighted by molar-refractivity contribution is 7.98. The molecule has 10 rings (SSSR count). The van der Waals surface area contributed by atoms with Crippen molar-refractivity contribution in [1.82, 2.24) is 18.9 Å². The summed E-state index contributed by atoms with van der Waals surface area (Å²) in [5.41, 5.74) is 16.4. The molecule has 3 aromatic heterocycles.